The molecule has 0 fully saturated rings. The summed E-state index contributed by atoms with van der Waals surface area (Å²) < 4.78 is 5.13. The molecule has 0 unspecified atom stereocenters. The van der Waals surface area contributed by atoms with E-state index < -0.39 is 5.60 Å². The molecule has 3 heteroatoms. The zero-order valence-corrected chi connectivity index (χ0v) is 13.6. The molecule has 0 aromatic heterocycles. The van der Waals surface area contributed by atoms with Crippen LogP contribution in [0.15, 0.2) is 24.3 Å². The summed E-state index contributed by atoms with van der Waals surface area (Å²) in [5, 5.41) is 2.68. The van der Waals surface area contributed by atoms with E-state index in [4.69, 9.17) is 4.74 Å². The van der Waals surface area contributed by atoms with E-state index in [0.717, 1.165) is 6.42 Å². The standard InChI is InChI=1S/C17H31NO2/c1-5-6-7-8-9-10-11-12-13-14-15-18-16(19)20-17(2,3)4/h11-14H,5-10,15H2,1-4H3,(H,18,19)/b12-11+,14-13+. The van der Waals surface area contributed by atoms with Crippen LogP contribution in [0.3, 0.4) is 0 Å². The molecule has 0 aliphatic rings. The quantitative estimate of drug-likeness (QED) is 0.478. The van der Waals surface area contributed by atoms with Crippen molar-refractivity contribution in [1.82, 2.24) is 5.32 Å². The fourth-order valence-electron chi connectivity index (χ4n) is 1.64. The second-order valence-corrected chi connectivity index (χ2v) is 5.94. The average molecular weight is 281 g/mol. The molecular formula is C17H31NO2. The predicted molar refractivity (Wildman–Crippen MR) is 85.9 cm³/mol. The number of carbonyl (C=O) groups excluding carboxylic acids is 1. The molecule has 20 heavy (non-hydrogen) atoms. The number of rotatable bonds is 9. The maximum Gasteiger partial charge on any atom is 0.407 e. The van der Waals surface area contributed by atoms with E-state index in [0.29, 0.717) is 6.54 Å². The van der Waals surface area contributed by atoms with Gasteiger partial charge in [-0.05, 0) is 33.6 Å². The highest BCUT2D eigenvalue weighted by atomic mass is 16.6. The number of hydrogen-bond acceptors (Lipinski definition) is 2. The number of amides is 1. The lowest BCUT2D eigenvalue weighted by molar-refractivity contribution is 0.0534. The van der Waals surface area contributed by atoms with Gasteiger partial charge in [0.25, 0.3) is 0 Å². The molecule has 0 aliphatic carbocycles. The van der Waals surface area contributed by atoms with Gasteiger partial charge in [0.2, 0.25) is 0 Å². The van der Waals surface area contributed by atoms with Gasteiger partial charge in [-0.25, -0.2) is 4.79 Å². The minimum atomic E-state index is -0.439. The molecule has 0 spiro atoms. The van der Waals surface area contributed by atoms with Crippen LogP contribution >= 0.6 is 0 Å². The number of carbonyl (C=O) groups is 1. The highest BCUT2D eigenvalue weighted by Crippen LogP contribution is 2.06. The maximum absolute atomic E-state index is 11.3. The van der Waals surface area contributed by atoms with Crippen LogP contribution in [0.25, 0.3) is 0 Å². The van der Waals surface area contributed by atoms with Crippen molar-refractivity contribution in [2.24, 2.45) is 0 Å². The summed E-state index contributed by atoms with van der Waals surface area (Å²) >= 11 is 0. The first-order valence-electron chi connectivity index (χ1n) is 7.74. The van der Waals surface area contributed by atoms with Crippen LogP contribution < -0.4 is 5.32 Å². The molecule has 1 amide bonds. The van der Waals surface area contributed by atoms with E-state index in [2.05, 4.69) is 18.3 Å². The van der Waals surface area contributed by atoms with Gasteiger partial charge in [0, 0.05) is 6.54 Å². The number of ether oxygens (including phenoxy) is 1. The van der Waals surface area contributed by atoms with Crippen LogP contribution in [0, 0.1) is 0 Å². The summed E-state index contributed by atoms with van der Waals surface area (Å²) in [6.45, 7) is 8.29. The lowest BCUT2D eigenvalue weighted by Gasteiger charge is -2.19. The van der Waals surface area contributed by atoms with Crippen LogP contribution in [0.2, 0.25) is 0 Å². The van der Waals surface area contributed by atoms with E-state index in [1.807, 2.05) is 39.0 Å². The van der Waals surface area contributed by atoms with Crippen molar-refractivity contribution in [3.05, 3.63) is 24.3 Å². The SMILES string of the molecule is CCCCCCC/C=C/C=C/CNC(=O)OC(C)(C)C. The molecule has 0 rings (SSSR count). The van der Waals surface area contributed by atoms with Crippen LogP contribution in [0.1, 0.15) is 66.2 Å². The molecule has 3 nitrogen and oxygen atoms in total. The molecule has 0 saturated heterocycles. The van der Waals surface area contributed by atoms with Crippen LogP contribution in [0.4, 0.5) is 4.79 Å². The Morgan fingerprint density at radius 3 is 2.35 bits per heavy atom. The zero-order chi connectivity index (χ0) is 15.3. The Labute approximate surface area is 124 Å². The third-order valence-electron chi connectivity index (χ3n) is 2.62. The second kappa shape index (κ2) is 11.6. The van der Waals surface area contributed by atoms with E-state index >= 15 is 0 Å². The average Bonchev–Trinajstić information content (AvgIpc) is 2.34. The Bertz CT molecular complexity index is 301. The summed E-state index contributed by atoms with van der Waals surface area (Å²) in [6.07, 6.45) is 15.4. The van der Waals surface area contributed by atoms with Crippen molar-refractivity contribution in [2.45, 2.75) is 71.8 Å². The van der Waals surface area contributed by atoms with Gasteiger partial charge in [-0.3, -0.25) is 0 Å². The lowest BCUT2D eigenvalue weighted by atomic mass is 10.1. The van der Waals surface area contributed by atoms with Gasteiger partial charge < -0.3 is 10.1 Å². The fourth-order valence-corrected chi connectivity index (χ4v) is 1.64. The molecule has 0 aromatic carbocycles. The predicted octanol–water partition coefficient (Wildman–Crippen LogP) is 4.98. The van der Waals surface area contributed by atoms with Gasteiger partial charge in [-0.1, -0.05) is 56.9 Å². The van der Waals surface area contributed by atoms with Crippen molar-refractivity contribution < 1.29 is 9.53 Å². The monoisotopic (exact) mass is 281 g/mol. The smallest absolute Gasteiger partial charge is 0.407 e. The third kappa shape index (κ3) is 14.8. The third-order valence-corrected chi connectivity index (χ3v) is 2.62. The second-order valence-electron chi connectivity index (χ2n) is 5.94. The maximum atomic E-state index is 11.3. The lowest BCUT2D eigenvalue weighted by Crippen LogP contribution is -2.32. The summed E-state index contributed by atoms with van der Waals surface area (Å²) in [7, 11) is 0. The first-order chi connectivity index (χ1) is 9.45. The number of hydrogen-bond donors (Lipinski definition) is 1. The molecule has 0 heterocycles. The minimum Gasteiger partial charge on any atom is -0.444 e. The number of nitrogens with one attached hydrogen (secondary N) is 1. The van der Waals surface area contributed by atoms with Gasteiger partial charge in [0.05, 0.1) is 0 Å². The van der Waals surface area contributed by atoms with Crippen LogP contribution in [-0.2, 0) is 4.74 Å². The Morgan fingerprint density at radius 2 is 1.70 bits per heavy atom. The zero-order valence-electron chi connectivity index (χ0n) is 13.6. The topological polar surface area (TPSA) is 38.3 Å². The number of alkyl carbamates (subject to hydrolysis) is 1. The molecule has 0 saturated carbocycles. The molecule has 1 N–H and O–H groups in total. The first kappa shape index (κ1) is 18.8. The highest BCUT2D eigenvalue weighted by Gasteiger charge is 2.14. The van der Waals surface area contributed by atoms with Gasteiger partial charge >= 0.3 is 6.09 Å². The molecular weight excluding hydrogens is 250 g/mol. The minimum absolute atomic E-state index is 0.373. The molecule has 0 aliphatic heterocycles. The van der Waals surface area contributed by atoms with Crippen molar-refractivity contribution in [2.75, 3.05) is 6.54 Å². The van der Waals surface area contributed by atoms with Crippen LogP contribution in [0.5, 0.6) is 0 Å². The Balaban J connectivity index is 3.50. The summed E-state index contributed by atoms with van der Waals surface area (Å²) in [4.78, 5) is 11.3. The summed E-state index contributed by atoms with van der Waals surface area (Å²) in [5.41, 5.74) is -0.439. The van der Waals surface area contributed by atoms with E-state index in [1.54, 1.807) is 0 Å². The molecule has 116 valence electrons. The largest absolute Gasteiger partial charge is 0.444 e. The number of allylic oxidation sites excluding steroid dienone is 3. The summed E-state index contributed by atoms with van der Waals surface area (Å²) in [6, 6.07) is 0. The van der Waals surface area contributed by atoms with E-state index in [1.165, 1.54) is 32.1 Å². The number of unbranched alkanes of at least 4 members (excludes halogenated alkanes) is 5. The van der Waals surface area contributed by atoms with E-state index in [-0.39, 0.29) is 6.09 Å². The van der Waals surface area contributed by atoms with Gasteiger partial charge in [-0.15, -0.1) is 0 Å². The van der Waals surface area contributed by atoms with Crippen molar-refractivity contribution >= 4 is 6.09 Å². The van der Waals surface area contributed by atoms with Gasteiger partial charge in [-0.2, -0.15) is 0 Å². The molecule has 0 aromatic rings. The highest BCUT2D eigenvalue weighted by molar-refractivity contribution is 5.67. The molecule has 0 radical (unpaired) electrons. The van der Waals surface area contributed by atoms with Gasteiger partial charge in [0.1, 0.15) is 5.60 Å². The summed E-state index contributed by atoms with van der Waals surface area (Å²) in [5.74, 6) is 0. The van der Waals surface area contributed by atoms with Crippen molar-refractivity contribution in [3.8, 4) is 0 Å². The Hall–Kier alpha value is -1.25. The first-order valence-corrected chi connectivity index (χ1v) is 7.74. The molecule has 0 bridgehead atoms. The van der Waals surface area contributed by atoms with E-state index in [9.17, 15) is 4.79 Å². The Kier molecular flexibility index (Phi) is 10.8. The van der Waals surface area contributed by atoms with Crippen molar-refractivity contribution in [3.63, 3.8) is 0 Å². The van der Waals surface area contributed by atoms with Crippen LogP contribution in [-0.4, -0.2) is 18.2 Å². The normalized spacial score (nSPS) is 12.2. The fraction of sp³-hybridized carbons (Fsp3) is 0.706. The van der Waals surface area contributed by atoms with Crippen molar-refractivity contribution in [1.29, 1.82) is 0 Å². The Morgan fingerprint density at radius 1 is 1.05 bits per heavy atom. The molecule has 0 atom stereocenters. The van der Waals surface area contributed by atoms with Gasteiger partial charge in [0.15, 0.2) is 0 Å².